The summed E-state index contributed by atoms with van der Waals surface area (Å²) in [7, 11) is 1.56. The number of ether oxygens (including phenoxy) is 1. The van der Waals surface area contributed by atoms with Crippen molar-refractivity contribution >= 4 is 11.6 Å². The normalized spacial score (nSPS) is 15.4. The summed E-state index contributed by atoms with van der Waals surface area (Å²) in [6.45, 7) is 6.68. The summed E-state index contributed by atoms with van der Waals surface area (Å²) in [5.74, 6) is 0.857. The van der Waals surface area contributed by atoms with Crippen LogP contribution in [-0.4, -0.2) is 42.2 Å². The van der Waals surface area contributed by atoms with E-state index in [0.717, 1.165) is 43.7 Å². The predicted molar refractivity (Wildman–Crippen MR) is 112 cm³/mol. The van der Waals surface area contributed by atoms with Crippen LogP contribution >= 0.6 is 0 Å². The number of likely N-dealkylation sites (tertiary alicyclic amines) is 1. The number of methoxy groups -OCH3 is 1. The first-order valence-corrected chi connectivity index (χ1v) is 9.98. The largest absolute Gasteiger partial charge is 0.504 e. The van der Waals surface area contributed by atoms with Crippen LogP contribution in [0.2, 0.25) is 0 Å². The van der Waals surface area contributed by atoms with Crippen molar-refractivity contribution < 1.29 is 14.6 Å². The quantitative estimate of drug-likeness (QED) is 0.817. The van der Waals surface area contributed by atoms with E-state index in [2.05, 4.69) is 24.0 Å². The van der Waals surface area contributed by atoms with Crippen molar-refractivity contribution in [3.63, 3.8) is 0 Å². The average molecular weight is 383 g/mol. The number of aromatic hydroxyl groups is 1. The number of anilines is 1. The van der Waals surface area contributed by atoms with E-state index in [1.165, 1.54) is 5.56 Å². The lowest BCUT2D eigenvalue weighted by Crippen LogP contribution is -2.47. The highest BCUT2D eigenvalue weighted by molar-refractivity contribution is 5.93. The number of phenols is 1. The summed E-state index contributed by atoms with van der Waals surface area (Å²) in [4.78, 5) is 17.1. The molecule has 0 atom stereocenters. The first-order valence-electron chi connectivity index (χ1n) is 9.98. The van der Waals surface area contributed by atoms with Gasteiger partial charge in [-0.15, -0.1) is 0 Å². The summed E-state index contributed by atoms with van der Waals surface area (Å²) >= 11 is 0. The minimum Gasteiger partial charge on any atom is -0.504 e. The number of aryl methyl sites for hydroxylation is 1. The van der Waals surface area contributed by atoms with Crippen molar-refractivity contribution in [1.29, 1.82) is 0 Å². The van der Waals surface area contributed by atoms with Gasteiger partial charge in [0.05, 0.1) is 7.11 Å². The number of benzene rings is 2. The number of rotatable bonds is 6. The van der Waals surface area contributed by atoms with Crippen LogP contribution in [0.5, 0.6) is 11.5 Å². The van der Waals surface area contributed by atoms with Crippen LogP contribution < -0.4 is 9.64 Å². The van der Waals surface area contributed by atoms with E-state index in [9.17, 15) is 9.90 Å². The Labute approximate surface area is 167 Å². The number of phenolic OH excluding ortho intramolecular Hbond substituents is 1. The molecule has 1 heterocycles. The second-order valence-corrected chi connectivity index (χ2v) is 7.47. The SMILES string of the molecule is CCC(=O)N(c1cccc(C)c1)C1CCN(Cc2ccc(O)c(OC)c2)CC1. The molecule has 28 heavy (non-hydrogen) atoms. The number of piperidine rings is 1. The minimum atomic E-state index is 0.164. The van der Waals surface area contributed by atoms with Crippen LogP contribution in [0, 0.1) is 6.92 Å². The lowest BCUT2D eigenvalue weighted by Gasteiger charge is -2.38. The molecular formula is C23H30N2O3. The molecular weight excluding hydrogens is 352 g/mol. The third-order valence-corrected chi connectivity index (χ3v) is 5.42. The van der Waals surface area contributed by atoms with Gasteiger partial charge in [0, 0.05) is 37.8 Å². The summed E-state index contributed by atoms with van der Waals surface area (Å²) in [5, 5.41) is 9.76. The Morgan fingerprint density at radius 2 is 1.96 bits per heavy atom. The zero-order valence-corrected chi connectivity index (χ0v) is 17.0. The number of hydrogen-bond acceptors (Lipinski definition) is 4. The molecule has 5 nitrogen and oxygen atoms in total. The summed E-state index contributed by atoms with van der Waals surface area (Å²) < 4.78 is 5.21. The Morgan fingerprint density at radius 1 is 1.21 bits per heavy atom. The minimum absolute atomic E-state index is 0.164. The van der Waals surface area contributed by atoms with E-state index in [-0.39, 0.29) is 17.7 Å². The molecule has 0 spiro atoms. The Bertz CT molecular complexity index is 813. The van der Waals surface area contributed by atoms with Crippen LogP contribution in [0.1, 0.15) is 37.3 Å². The van der Waals surface area contributed by atoms with Crippen molar-refractivity contribution in [2.24, 2.45) is 0 Å². The van der Waals surface area contributed by atoms with Gasteiger partial charge in [0.15, 0.2) is 11.5 Å². The molecule has 1 amide bonds. The molecule has 1 aliphatic rings. The smallest absolute Gasteiger partial charge is 0.226 e. The topological polar surface area (TPSA) is 53.0 Å². The van der Waals surface area contributed by atoms with Gasteiger partial charge < -0.3 is 14.7 Å². The molecule has 0 bridgehead atoms. The van der Waals surface area contributed by atoms with Gasteiger partial charge >= 0.3 is 0 Å². The van der Waals surface area contributed by atoms with Gasteiger partial charge in [-0.3, -0.25) is 9.69 Å². The molecule has 1 fully saturated rings. The molecule has 2 aromatic rings. The Morgan fingerprint density at radius 3 is 2.61 bits per heavy atom. The van der Waals surface area contributed by atoms with E-state index >= 15 is 0 Å². The second-order valence-electron chi connectivity index (χ2n) is 7.47. The highest BCUT2D eigenvalue weighted by Gasteiger charge is 2.28. The maximum atomic E-state index is 12.7. The van der Waals surface area contributed by atoms with Gasteiger partial charge in [0.2, 0.25) is 5.91 Å². The van der Waals surface area contributed by atoms with E-state index in [0.29, 0.717) is 12.2 Å². The van der Waals surface area contributed by atoms with E-state index < -0.39 is 0 Å². The molecule has 0 aromatic heterocycles. The molecule has 1 saturated heterocycles. The molecule has 3 rings (SSSR count). The summed E-state index contributed by atoms with van der Waals surface area (Å²) in [6, 6.07) is 14.0. The third-order valence-electron chi connectivity index (χ3n) is 5.42. The maximum Gasteiger partial charge on any atom is 0.226 e. The van der Waals surface area contributed by atoms with Gasteiger partial charge in [-0.05, 0) is 55.2 Å². The zero-order chi connectivity index (χ0) is 20.1. The highest BCUT2D eigenvalue weighted by Crippen LogP contribution is 2.29. The molecule has 1 N–H and O–H groups in total. The molecule has 2 aromatic carbocycles. The van der Waals surface area contributed by atoms with E-state index in [4.69, 9.17) is 4.74 Å². The van der Waals surface area contributed by atoms with Crippen molar-refractivity contribution in [2.75, 3.05) is 25.1 Å². The molecule has 0 radical (unpaired) electrons. The van der Waals surface area contributed by atoms with Crippen molar-refractivity contribution in [3.05, 3.63) is 53.6 Å². The van der Waals surface area contributed by atoms with Gasteiger partial charge in [-0.25, -0.2) is 0 Å². The Balaban J connectivity index is 1.66. The molecule has 0 unspecified atom stereocenters. The molecule has 150 valence electrons. The monoisotopic (exact) mass is 382 g/mol. The molecule has 0 aliphatic carbocycles. The number of carbonyl (C=O) groups is 1. The predicted octanol–water partition coefficient (Wildman–Crippen LogP) is 4.12. The van der Waals surface area contributed by atoms with Gasteiger partial charge in [0.25, 0.3) is 0 Å². The van der Waals surface area contributed by atoms with Gasteiger partial charge in [0.1, 0.15) is 0 Å². The molecule has 1 aliphatic heterocycles. The first kappa shape index (κ1) is 20.2. The first-order chi connectivity index (χ1) is 13.5. The number of hydrogen-bond donors (Lipinski definition) is 1. The fraction of sp³-hybridized carbons (Fsp3) is 0.435. The molecule has 5 heteroatoms. The number of amides is 1. The fourth-order valence-electron chi connectivity index (χ4n) is 3.92. The van der Waals surface area contributed by atoms with Crippen molar-refractivity contribution in [3.8, 4) is 11.5 Å². The Hall–Kier alpha value is -2.53. The fourth-order valence-corrected chi connectivity index (χ4v) is 3.92. The van der Waals surface area contributed by atoms with Gasteiger partial charge in [-0.1, -0.05) is 25.1 Å². The standard InChI is InChI=1S/C23H30N2O3/c1-4-23(27)25(20-7-5-6-17(2)14-20)19-10-12-24(13-11-19)16-18-8-9-21(26)22(15-18)28-3/h5-9,14-15,19,26H,4,10-13,16H2,1-3H3. The van der Waals surface area contributed by atoms with Crippen LogP contribution in [0.4, 0.5) is 5.69 Å². The van der Waals surface area contributed by atoms with Crippen molar-refractivity contribution in [1.82, 2.24) is 4.90 Å². The van der Waals surface area contributed by atoms with Crippen LogP contribution in [0.3, 0.4) is 0 Å². The van der Waals surface area contributed by atoms with E-state index in [1.807, 2.05) is 36.1 Å². The van der Waals surface area contributed by atoms with Crippen molar-refractivity contribution in [2.45, 2.75) is 45.7 Å². The summed E-state index contributed by atoms with van der Waals surface area (Å²) in [6.07, 6.45) is 2.42. The number of carbonyl (C=O) groups excluding carboxylic acids is 1. The second kappa shape index (κ2) is 9.11. The lowest BCUT2D eigenvalue weighted by atomic mass is 10.0. The van der Waals surface area contributed by atoms with E-state index in [1.54, 1.807) is 13.2 Å². The maximum absolute atomic E-state index is 12.7. The molecule has 0 saturated carbocycles. The third kappa shape index (κ3) is 4.65. The number of nitrogens with zero attached hydrogens (tertiary/aromatic N) is 2. The summed E-state index contributed by atoms with van der Waals surface area (Å²) in [5.41, 5.74) is 3.30. The van der Waals surface area contributed by atoms with Crippen LogP contribution in [0.15, 0.2) is 42.5 Å². The van der Waals surface area contributed by atoms with Gasteiger partial charge in [-0.2, -0.15) is 0 Å². The average Bonchev–Trinajstić information content (AvgIpc) is 2.71. The van der Waals surface area contributed by atoms with Crippen LogP contribution in [-0.2, 0) is 11.3 Å². The lowest BCUT2D eigenvalue weighted by molar-refractivity contribution is -0.119. The Kier molecular flexibility index (Phi) is 6.57. The van der Waals surface area contributed by atoms with Crippen LogP contribution in [0.25, 0.3) is 0 Å². The highest BCUT2D eigenvalue weighted by atomic mass is 16.5. The zero-order valence-electron chi connectivity index (χ0n) is 17.0.